The number of rotatable bonds is 3. The van der Waals surface area contributed by atoms with Gasteiger partial charge in [0, 0.05) is 15.7 Å². The van der Waals surface area contributed by atoms with Crippen LogP contribution in [0.2, 0.25) is 0 Å². The van der Waals surface area contributed by atoms with Crippen LogP contribution in [0.3, 0.4) is 0 Å². The summed E-state index contributed by atoms with van der Waals surface area (Å²) in [7, 11) is 0. The molecule has 0 saturated heterocycles. The van der Waals surface area contributed by atoms with Crippen LogP contribution in [0.5, 0.6) is 0 Å². The van der Waals surface area contributed by atoms with Crippen molar-refractivity contribution in [3.05, 3.63) is 33.6 Å². The second-order valence-corrected chi connectivity index (χ2v) is 7.48. The Morgan fingerprint density at radius 2 is 1.90 bits per heavy atom. The van der Waals surface area contributed by atoms with Crippen molar-refractivity contribution in [3.63, 3.8) is 0 Å². The fourth-order valence-electron chi connectivity index (χ4n) is 1.59. The monoisotopic (exact) mass is 368 g/mol. The van der Waals surface area contributed by atoms with Crippen LogP contribution < -0.4 is 16.4 Å². The predicted octanol–water partition coefficient (Wildman–Crippen LogP) is 3.95. The summed E-state index contributed by atoms with van der Waals surface area (Å²) < 4.78 is 0.953. The van der Waals surface area contributed by atoms with Gasteiger partial charge in [-0.25, -0.2) is 4.98 Å². The summed E-state index contributed by atoms with van der Waals surface area (Å²) in [6.07, 6.45) is 0. The fraction of sp³-hybridized carbons (Fsp3) is 0.286. The van der Waals surface area contributed by atoms with Gasteiger partial charge in [0.15, 0.2) is 5.13 Å². The van der Waals surface area contributed by atoms with Gasteiger partial charge in [0.05, 0.1) is 0 Å². The molecule has 2 rings (SSSR count). The van der Waals surface area contributed by atoms with E-state index >= 15 is 0 Å². The highest BCUT2D eigenvalue weighted by molar-refractivity contribution is 9.10. The SMILES string of the molecule is CC(C)(C)Nc1nc(N)c(C(=O)Nc2ccc(Br)cc2)s1. The van der Waals surface area contributed by atoms with Crippen LogP contribution in [-0.2, 0) is 0 Å². The molecule has 21 heavy (non-hydrogen) atoms. The van der Waals surface area contributed by atoms with Crippen LogP contribution >= 0.6 is 27.3 Å². The topological polar surface area (TPSA) is 80.0 Å². The lowest BCUT2D eigenvalue weighted by atomic mass is 10.1. The molecule has 4 N–H and O–H groups in total. The van der Waals surface area contributed by atoms with E-state index in [0.717, 1.165) is 4.47 Å². The van der Waals surface area contributed by atoms with E-state index in [0.29, 0.717) is 15.7 Å². The van der Waals surface area contributed by atoms with E-state index in [1.54, 1.807) is 0 Å². The highest BCUT2D eigenvalue weighted by atomic mass is 79.9. The molecule has 0 unspecified atom stereocenters. The number of hydrogen-bond acceptors (Lipinski definition) is 5. The Morgan fingerprint density at radius 1 is 1.29 bits per heavy atom. The lowest BCUT2D eigenvalue weighted by Gasteiger charge is -2.19. The molecule has 1 aromatic carbocycles. The molecular weight excluding hydrogens is 352 g/mol. The molecule has 0 radical (unpaired) electrons. The zero-order chi connectivity index (χ0) is 15.6. The summed E-state index contributed by atoms with van der Waals surface area (Å²) in [6, 6.07) is 7.34. The number of nitrogens with one attached hydrogen (secondary N) is 2. The van der Waals surface area contributed by atoms with E-state index in [9.17, 15) is 4.79 Å². The van der Waals surface area contributed by atoms with E-state index in [4.69, 9.17) is 5.73 Å². The van der Waals surface area contributed by atoms with Crippen LogP contribution in [0.1, 0.15) is 30.4 Å². The molecule has 5 nitrogen and oxygen atoms in total. The predicted molar refractivity (Wildman–Crippen MR) is 92.0 cm³/mol. The van der Waals surface area contributed by atoms with Crippen LogP contribution in [0.15, 0.2) is 28.7 Å². The number of nitrogens with two attached hydrogens (primary N) is 1. The minimum Gasteiger partial charge on any atom is -0.382 e. The second kappa shape index (κ2) is 6.03. The number of benzene rings is 1. The molecule has 2 aromatic rings. The van der Waals surface area contributed by atoms with Gasteiger partial charge in [-0.3, -0.25) is 4.79 Å². The molecule has 112 valence electrons. The third-order valence-corrected chi connectivity index (χ3v) is 3.96. The highest BCUT2D eigenvalue weighted by Gasteiger charge is 2.19. The van der Waals surface area contributed by atoms with Gasteiger partial charge in [-0.2, -0.15) is 0 Å². The van der Waals surface area contributed by atoms with Gasteiger partial charge < -0.3 is 16.4 Å². The fourth-order valence-corrected chi connectivity index (χ4v) is 2.84. The third kappa shape index (κ3) is 4.44. The first-order chi connectivity index (χ1) is 9.74. The van der Waals surface area contributed by atoms with Gasteiger partial charge in [-0.05, 0) is 45.0 Å². The second-order valence-electron chi connectivity index (χ2n) is 5.57. The normalized spacial score (nSPS) is 11.2. The van der Waals surface area contributed by atoms with Gasteiger partial charge in [0.25, 0.3) is 5.91 Å². The molecule has 1 aromatic heterocycles. The first-order valence-electron chi connectivity index (χ1n) is 6.36. The molecule has 7 heteroatoms. The summed E-state index contributed by atoms with van der Waals surface area (Å²) >= 11 is 4.60. The Hall–Kier alpha value is -1.60. The van der Waals surface area contributed by atoms with E-state index in [-0.39, 0.29) is 17.3 Å². The highest BCUT2D eigenvalue weighted by Crippen LogP contribution is 2.28. The molecule has 0 aliphatic rings. The molecule has 0 atom stereocenters. The summed E-state index contributed by atoms with van der Waals surface area (Å²) in [5.74, 6) is -0.0179. The summed E-state index contributed by atoms with van der Waals surface area (Å²) in [5, 5.41) is 6.65. The average molecular weight is 369 g/mol. The maximum atomic E-state index is 12.2. The van der Waals surface area contributed by atoms with E-state index in [1.165, 1.54) is 11.3 Å². The van der Waals surface area contributed by atoms with Crippen molar-refractivity contribution < 1.29 is 4.79 Å². The van der Waals surface area contributed by atoms with Crippen molar-refractivity contribution in [1.82, 2.24) is 4.98 Å². The molecular formula is C14H17BrN4OS. The third-order valence-electron chi connectivity index (χ3n) is 2.44. The number of nitrogen functional groups attached to an aromatic ring is 1. The number of thiazole rings is 1. The number of hydrogen-bond donors (Lipinski definition) is 3. The Kier molecular flexibility index (Phi) is 4.53. The summed E-state index contributed by atoms with van der Waals surface area (Å²) in [6.45, 7) is 6.06. The number of carbonyl (C=O) groups is 1. The molecule has 1 heterocycles. The molecule has 0 fully saturated rings. The van der Waals surface area contributed by atoms with Crippen LogP contribution in [-0.4, -0.2) is 16.4 Å². The smallest absolute Gasteiger partial charge is 0.269 e. The Morgan fingerprint density at radius 3 is 2.48 bits per heavy atom. The van der Waals surface area contributed by atoms with Gasteiger partial charge in [-0.1, -0.05) is 27.3 Å². The summed E-state index contributed by atoms with van der Waals surface area (Å²) in [5.41, 5.74) is 6.40. The molecule has 0 bridgehead atoms. The molecule has 0 saturated carbocycles. The van der Waals surface area contributed by atoms with Gasteiger partial charge in [-0.15, -0.1) is 0 Å². The van der Waals surface area contributed by atoms with E-state index < -0.39 is 0 Å². The van der Waals surface area contributed by atoms with E-state index in [2.05, 4.69) is 31.5 Å². The number of amides is 1. The van der Waals surface area contributed by atoms with E-state index in [1.807, 2.05) is 45.0 Å². The van der Waals surface area contributed by atoms with Crippen molar-refractivity contribution in [1.29, 1.82) is 0 Å². The summed E-state index contributed by atoms with van der Waals surface area (Å²) in [4.78, 5) is 16.8. The lowest BCUT2D eigenvalue weighted by Crippen LogP contribution is -2.25. The number of nitrogens with zero attached hydrogens (tertiary/aromatic N) is 1. The zero-order valence-corrected chi connectivity index (χ0v) is 14.4. The van der Waals surface area contributed by atoms with Gasteiger partial charge >= 0.3 is 0 Å². The number of carbonyl (C=O) groups excluding carboxylic acids is 1. The lowest BCUT2D eigenvalue weighted by molar-refractivity contribution is 0.103. The first kappa shape index (κ1) is 15.8. The van der Waals surface area contributed by atoms with Crippen molar-refractivity contribution in [2.45, 2.75) is 26.3 Å². The quantitative estimate of drug-likeness (QED) is 0.765. The minimum absolute atomic E-state index is 0.135. The van der Waals surface area contributed by atoms with Crippen molar-refractivity contribution in [3.8, 4) is 0 Å². The first-order valence-corrected chi connectivity index (χ1v) is 7.97. The molecule has 1 amide bonds. The van der Waals surface area contributed by atoms with Crippen LogP contribution in [0.25, 0.3) is 0 Å². The zero-order valence-electron chi connectivity index (χ0n) is 12.0. The Bertz CT molecular complexity index is 646. The number of aromatic nitrogens is 1. The largest absolute Gasteiger partial charge is 0.382 e. The van der Waals surface area contributed by atoms with Crippen LogP contribution in [0, 0.1) is 0 Å². The maximum absolute atomic E-state index is 12.2. The standard InChI is InChI=1S/C14H17BrN4OS/c1-14(2,3)19-13-18-11(16)10(21-13)12(20)17-9-6-4-8(15)5-7-9/h4-7H,16H2,1-3H3,(H,17,20)(H,18,19). The Balaban J connectivity index is 2.14. The number of halogens is 1. The van der Waals surface area contributed by atoms with Crippen molar-refractivity contribution >= 4 is 49.8 Å². The maximum Gasteiger partial charge on any atom is 0.269 e. The number of anilines is 3. The Labute approximate surface area is 136 Å². The van der Waals surface area contributed by atoms with Crippen molar-refractivity contribution in [2.75, 3.05) is 16.4 Å². The average Bonchev–Trinajstić information content (AvgIpc) is 2.70. The van der Waals surface area contributed by atoms with Crippen molar-refractivity contribution in [2.24, 2.45) is 0 Å². The molecule has 0 aliphatic carbocycles. The van der Waals surface area contributed by atoms with Gasteiger partial charge in [0.2, 0.25) is 0 Å². The molecule has 0 aliphatic heterocycles. The molecule has 0 spiro atoms. The minimum atomic E-state index is -0.255. The van der Waals surface area contributed by atoms with Crippen LogP contribution in [0.4, 0.5) is 16.6 Å². The van der Waals surface area contributed by atoms with Gasteiger partial charge in [0.1, 0.15) is 10.7 Å².